The van der Waals surface area contributed by atoms with Gasteiger partial charge in [-0.05, 0) is 72.2 Å². The van der Waals surface area contributed by atoms with Crippen molar-refractivity contribution in [3.05, 3.63) is 94.9 Å². The Morgan fingerprint density at radius 2 is 1.52 bits per heavy atom. The maximum absolute atomic E-state index is 14.8. The molecular weight excluding hydrogens is 702 g/mol. The first-order valence-electron chi connectivity index (χ1n) is 18.5. The molecule has 54 heavy (non-hydrogen) atoms. The van der Waals surface area contributed by atoms with Crippen LogP contribution in [-0.4, -0.2) is 39.0 Å². The molecular formula is C42H47F4N3O5. The number of aromatic hydroxyl groups is 1. The fourth-order valence-corrected chi connectivity index (χ4v) is 7.47. The summed E-state index contributed by atoms with van der Waals surface area (Å²) in [7, 11) is 0. The van der Waals surface area contributed by atoms with Gasteiger partial charge in [0.2, 0.25) is 11.8 Å². The molecule has 4 N–H and O–H groups in total. The number of Topliss-reactive ketones (excluding diaryl/α,β-unsaturated/α-hetero) is 2. The lowest BCUT2D eigenvalue weighted by atomic mass is 9.72. The van der Waals surface area contributed by atoms with Crippen LogP contribution in [0.25, 0.3) is 10.9 Å². The third-order valence-electron chi connectivity index (χ3n) is 11.2. The molecule has 1 aliphatic carbocycles. The molecule has 0 aliphatic heterocycles. The predicted molar refractivity (Wildman–Crippen MR) is 198 cm³/mol. The second-order valence-corrected chi connectivity index (χ2v) is 14.7. The number of alkyl halides is 3. The minimum absolute atomic E-state index is 0.0141. The van der Waals surface area contributed by atoms with E-state index in [1.807, 2.05) is 27.7 Å². The molecule has 4 aromatic rings. The molecule has 0 radical (unpaired) electrons. The van der Waals surface area contributed by atoms with E-state index in [1.54, 1.807) is 12.1 Å². The number of aryl methyl sites for hydroxylation is 1. The number of aromatic amines is 1. The first-order valence-corrected chi connectivity index (χ1v) is 18.5. The quantitative estimate of drug-likeness (QED) is 0.0716. The van der Waals surface area contributed by atoms with Crippen molar-refractivity contribution in [2.45, 2.75) is 90.8 Å². The van der Waals surface area contributed by atoms with Gasteiger partial charge < -0.3 is 20.7 Å². The molecule has 1 aliphatic rings. The standard InChI is InChI=1S/C42H47F4N3O5/c1-5-24(3)31(21-29(51)20-26-10-7-8-13-35(26)43)40(54)49-41(19-18-36-33(23-41)30-11-9-12-34(38(30)48-36)42(44,45)46)37(52)22-32(25(4)6-2)39(53)47-27-14-16-28(50)17-15-27/h7-17,24-25,31-32,48,50H,5-6,18-23H2,1-4H3,(H,47,53)(H,49,54)/t24?,25?,31-,32-,41+/m0/s1. The highest BCUT2D eigenvalue weighted by Crippen LogP contribution is 2.41. The lowest BCUT2D eigenvalue weighted by Gasteiger charge is -2.39. The number of ketones is 2. The lowest BCUT2D eigenvalue weighted by Crippen LogP contribution is -2.60. The normalized spacial score (nSPS) is 17.9. The van der Waals surface area contributed by atoms with E-state index in [0.29, 0.717) is 29.8 Å². The molecule has 1 heterocycles. The zero-order valence-corrected chi connectivity index (χ0v) is 30.9. The summed E-state index contributed by atoms with van der Waals surface area (Å²) < 4.78 is 56.6. The van der Waals surface area contributed by atoms with Crippen LogP contribution in [0.3, 0.4) is 0 Å². The first-order chi connectivity index (χ1) is 25.6. The van der Waals surface area contributed by atoms with Gasteiger partial charge in [0.15, 0.2) is 5.78 Å². The van der Waals surface area contributed by atoms with Crippen LogP contribution in [0.1, 0.15) is 82.2 Å². The number of aromatic nitrogens is 1. The van der Waals surface area contributed by atoms with Gasteiger partial charge in [-0.1, -0.05) is 70.9 Å². The topological polar surface area (TPSA) is 128 Å². The molecule has 8 nitrogen and oxygen atoms in total. The Morgan fingerprint density at radius 1 is 0.870 bits per heavy atom. The van der Waals surface area contributed by atoms with E-state index in [1.165, 1.54) is 48.5 Å². The Balaban J connectivity index is 1.51. The molecule has 3 aromatic carbocycles. The number of hydrogen-bond donors (Lipinski definition) is 4. The molecule has 0 fully saturated rings. The fourth-order valence-electron chi connectivity index (χ4n) is 7.47. The Hall–Kier alpha value is -5.00. The van der Waals surface area contributed by atoms with Gasteiger partial charge in [0.1, 0.15) is 22.9 Å². The first kappa shape index (κ1) is 40.2. The Kier molecular flexibility index (Phi) is 12.3. The molecule has 12 heteroatoms. The van der Waals surface area contributed by atoms with Crippen LogP contribution >= 0.6 is 0 Å². The molecule has 0 saturated heterocycles. The van der Waals surface area contributed by atoms with E-state index in [4.69, 9.17) is 0 Å². The molecule has 2 amide bonds. The Morgan fingerprint density at radius 3 is 2.15 bits per heavy atom. The number of anilines is 1. The predicted octanol–water partition coefficient (Wildman–Crippen LogP) is 8.50. The van der Waals surface area contributed by atoms with Gasteiger partial charge in [0.25, 0.3) is 0 Å². The third kappa shape index (κ3) is 8.85. The molecule has 2 unspecified atom stereocenters. The van der Waals surface area contributed by atoms with Crippen molar-refractivity contribution in [2.75, 3.05) is 5.32 Å². The van der Waals surface area contributed by atoms with Gasteiger partial charge in [-0.15, -0.1) is 0 Å². The van der Waals surface area contributed by atoms with Crippen molar-refractivity contribution in [1.82, 2.24) is 10.3 Å². The number of benzene rings is 3. The molecule has 0 spiro atoms. The van der Waals surface area contributed by atoms with Crippen LogP contribution in [0.15, 0.2) is 66.7 Å². The Bertz CT molecular complexity index is 2010. The van der Waals surface area contributed by atoms with Crippen LogP contribution in [0.4, 0.5) is 23.2 Å². The van der Waals surface area contributed by atoms with E-state index < -0.39 is 52.5 Å². The van der Waals surface area contributed by atoms with Gasteiger partial charge >= 0.3 is 6.18 Å². The van der Waals surface area contributed by atoms with Crippen molar-refractivity contribution in [3.8, 4) is 5.75 Å². The second-order valence-electron chi connectivity index (χ2n) is 14.7. The van der Waals surface area contributed by atoms with Crippen LogP contribution in [0, 0.1) is 29.5 Å². The Labute approximate surface area is 312 Å². The van der Waals surface area contributed by atoms with Crippen molar-refractivity contribution >= 4 is 40.0 Å². The van der Waals surface area contributed by atoms with Crippen molar-refractivity contribution < 1.29 is 41.8 Å². The number of carbonyl (C=O) groups excluding carboxylic acids is 4. The van der Waals surface area contributed by atoms with Crippen molar-refractivity contribution in [3.63, 3.8) is 0 Å². The summed E-state index contributed by atoms with van der Waals surface area (Å²) in [6, 6.07) is 15.7. The number of hydrogen-bond acceptors (Lipinski definition) is 5. The van der Waals surface area contributed by atoms with Crippen LogP contribution < -0.4 is 10.6 Å². The van der Waals surface area contributed by atoms with Gasteiger partial charge in [-0.25, -0.2) is 4.39 Å². The van der Waals surface area contributed by atoms with E-state index in [2.05, 4.69) is 15.6 Å². The summed E-state index contributed by atoms with van der Waals surface area (Å²) in [6.07, 6.45) is -4.21. The smallest absolute Gasteiger partial charge is 0.418 e. The summed E-state index contributed by atoms with van der Waals surface area (Å²) in [5, 5.41) is 15.8. The van der Waals surface area contributed by atoms with Crippen LogP contribution in [0.2, 0.25) is 0 Å². The number of para-hydroxylation sites is 1. The minimum atomic E-state index is -4.64. The summed E-state index contributed by atoms with van der Waals surface area (Å²) in [4.78, 5) is 59.2. The molecule has 5 rings (SSSR count). The highest BCUT2D eigenvalue weighted by molar-refractivity contribution is 6.01. The number of phenolic OH excluding ortho intramolecular Hbond substituents is 1. The number of fused-ring (bicyclic) bond motifs is 3. The second kappa shape index (κ2) is 16.6. The van der Waals surface area contributed by atoms with E-state index >= 15 is 0 Å². The van der Waals surface area contributed by atoms with Crippen molar-refractivity contribution in [2.24, 2.45) is 23.7 Å². The average Bonchev–Trinajstić information content (AvgIpc) is 3.51. The number of carbonyl (C=O) groups is 4. The number of rotatable bonds is 15. The van der Waals surface area contributed by atoms with Gasteiger partial charge in [-0.2, -0.15) is 13.2 Å². The number of phenols is 1. The van der Waals surface area contributed by atoms with E-state index in [-0.39, 0.29) is 78.4 Å². The summed E-state index contributed by atoms with van der Waals surface area (Å²) in [5.41, 5.74) is -0.939. The van der Waals surface area contributed by atoms with Crippen LogP contribution in [0.5, 0.6) is 5.75 Å². The largest absolute Gasteiger partial charge is 0.508 e. The van der Waals surface area contributed by atoms with Crippen molar-refractivity contribution in [1.29, 1.82) is 0 Å². The molecule has 1 aromatic heterocycles. The van der Waals surface area contributed by atoms with Gasteiger partial charge in [0.05, 0.1) is 11.1 Å². The molecule has 5 atom stereocenters. The number of nitrogens with one attached hydrogen (secondary N) is 3. The summed E-state index contributed by atoms with van der Waals surface area (Å²) >= 11 is 0. The summed E-state index contributed by atoms with van der Waals surface area (Å²) in [6.45, 7) is 7.42. The van der Waals surface area contributed by atoms with Gasteiger partial charge in [0, 0.05) is 54.3 Å². The van der Waals surface area contributed by atoms with E-state index in [9.17, 15) is 41.8 Å². The molecule has 0 saturated carbocycles. The van der Waals surface area contributed by atoms with E-state index in [0.717, 1.165) is 6.07 Å². The lowest BCUT2D eigenvalue weighted by molar-refractivity contribution is -0.138. The highest BCUT2D eigenvalue weighted by Gasteiger charge is 2.47. The third-order valence-corrected chi connectivity index (χ3v) is 11.2. The number of amides is 2. The number of halogens is 4. The van der Waals surface area contributed by atoms with Crippen LogP contribution in [-0.2, 0) is 44.6 Å². The monoisotopic (exact) mass is 749 g/mol. The fraction of sp³-hybridized carbons (Fsp3) is 0.429. The minimum Gasteiger partial charge on any atom is -0.508 e. The molecule has 0 bridgehead atoms. The zero-order chi connectivity index (χ0) is 39.4. The summed E-state index contributed by atoms with van der Waals surface area (Å²) in [5.74, 6) is -4.62. The number of H-pyrrole nitrogens is 1. The average molecular weight is 750 g/mol. The van der Waals surface area contributed by atoms with Gasteiger partial charge in [-0.3, -0.25) is 19.2 Å². The maximum atomic E-state index is 14.8. The maximum Gasteiger partial charge on any atom is 0.418 e. The highest BCUT2D eigenvalue weighted by atomic mass is 19.4. The zero-order valence-electron chi connectivity index (χ0n) is 30.9. The molecule has 288 valence electrons. The SMILES string of the molecule is CCC(C)[C@H](CC(=O)[C@@]1(NC(=O)[C@@H](CC(=O)Cc2ccccc2F)C(C)CC)CCc2[nH]c3c(C(F)(F)F)cccc3c2C1)C(=O)Nc1ccc(O)cc1.